The van der Waals surface area contributed by atoms with E-state index in [0.717, 1.165) is 11.1 Å². The van der Waals surface area contributed by atoms with Gasteiger partial charge in [0.15, 0.2) is 11.5 Å². The Morgan fingerprint density at radius 2 is 1.81 bits per heavy atom. The summed E-state index contributed by atoms with van der Waals surface area (Å²) in [6.07, 6.45) is 6.62. The number of imidazole rings is 1. The van der Waals surface area contributed by atoms with Gasteiger partial charge < -0.3 is 5.32 Å². The highest BCUT2D eigenvalue weighted by atomic mass is 19.1. The lowest BCUT2D eigenvalue weighted by Crippen LogP contribution is -2.23. The van der Waals surface area contributed by atoms with E-state index in [2.05, 4.69) is 20.4 Å². The van der Waals surface area contributed by atoms with Gasteiger partial charge >= 0.3 is 0 Å². The number of nitrogens with one attached hydrogen (secondary N) is 1. The molecule has 7 nitrogen and oxygen atoms in total. The van der Waals surface area contributed by atoms with Gasteiger partial charge in [0.2, 0.25) is 0 Å². The minimum atomic E-state index is -0.327. The predicted molar refractivity (Wildman–Crippen MR) is 118 cm³/mol. The Kier molecular flexibility index (Phi) is 4.95. The van der Waals surface area contributed by atoms with Gasteiger partial charge in [-0.2, -0.15) is 5.10 Å². The monoisotopic (exact) mass is 426 g/mol. The van der Waals surface area contributed by atoms with E-state index in [9.17, 15) is 9.18 Å². The van der Waals surface area contributed by atoms with Crippen molar-refractivity contribution in [2.75, 3.05) is 0 Å². The smallest absolute Gasteiger partial charge is 0.272 e. The van der Waals surface area contributed by atoms with Crippen molar-refractivity contribution in [1.29, 1.82) is 0 Å². The summed E-state index contributed by atoms with van der Waals surface area (Å²) >= 11 is 0. The molecule has 0 aliphatic carbocycles. The van der Waals surface area contributed by atoms with Crippen LogP contribution < -0.4 is 5.32 Å². The third-order valence-corrected chi connectivity index (χ3v) is 5.18. The lowest BCUT2D eigenvalue weighted by atomic mass is 10.1. The largest absolute Gasteiger partial charge is 0.347 e. The van der Waals surface area contributed by atoms with Gasteiger partial charge in [-0.15, -0.1) is 0 Å². The molecule has 158 valence electrons. The average molecular weight is 426 g/mol. The zero-order valence-corrected chi connectivity index (χ0v) is 17.2. The predicted octanol–water partition coefficient (Wildman–Crippen LogP) is 3.96. The molecule has 3 aromatic heterocycles. The Hall–Kier alpha value is -4.33. The molecule has 0 radical (unpaired) electrons. The minimum absolute atomic E-state index is 0.270. The molecule has 5 aromatic rings. The van der Waals surface area contributed by atoms with Crippen molar-refractivity contribution in [1.82, 2.24) is 29.5 Å². The van der Waals surface area contributed by atoms with Crippen LogP contribution in [0.1, 0.15) is 21.6 Å². The maximum absolute atomic E-state index is 13.4. The molecule has 0 fully saturated rings. The van der Waals surface area contributed by atoms with E-state index in [0.29, 0.717) is 29.3 Å². The topological polar surface area (TPSA) is 77.1 Å². The molecule has 32 heavy (non-hydrogen) atoms. The molecule has 5 rings (SSSR count). The molecular formula is C24H19FN6O. The molecule has 0 saturated carbocycles. The Labute approximate surface area is 183 Å². The molecule has 0 saturated heterocycles. The van der Waals surface area contributed by atoms with E-state index in [1.54, 1.807) is 52.1 Å². The van der Waals surface area contributed by atoms with Crippen LogP contribution in [0.15, 0.2) is 79.4 Å². The molecule has 0 bridgehead atoms. The Balaban J connectivity index is 1.51. The number of carbonyl (C=O) groups is 1. The second-order valence-corrected chi connectivity index (χ2v) is 7.39. The van der Waals surface area contributed by atoms with E-state index in [-0.39, 0.29) is 17.4 Å². The molecule has 0 spiro atoms. The molecular weight excluding hydrogens is 407 g/mol. The standard InChI is InChI=1S/C24H19FN6O/c1-16-2-4-17(5-3-16)14-27-24(32)22-21-15-26-12-13-30(21)23(29-22)20-10-11-28-31(20)19-8-6-18(25)7-9-19/h2-13,15H,14H2,1H3,(H,27,32). The normalized spacial score (nSPS) is 11.1. The molecule has 0 aliphatic rings. The van der Waals surface area contributed by atoms with Crippen molar-refractivity contribution >= 4 is 11.4 Å². The Bertz CT molecular complexity index is 1400. The zero-order chi connectivity index (χ0) is 22.1. The molecule has 1 N–H and O–H groups in total. The molecule has 8 heteroatoms. The van der Waals surface area contributed by atoms with Gasteiger partial charge in [-0.1, -0.05) is 29.8 Å². The number of aryl methyl sites for hydroxylation is 1. The highest BCUT2D eigenvalue weighted by molar-refractivity contribution is 5.99. The van der Waals surface area contributed by atoms with Crippen LogP contribution in [0.2, 0.25) is 0 Å². The Morgan fingerprint density at radius 1 is 1.03 bits per heavy atom. The lowest BCUT2D eigenvalue weighted by Gasteiger charge is -2.06. The second kappa shape index (κ2) is 8.07. The number of aromatic nitrogens is 5. The van der Waals surface area contributed by atoms with E-state index < -0.39 is 0 Å². The summed E-state index contributed by atoms with van der Waals surface area (Å²) in [5, 5.41) is 7.29. The lowest BCUT2D eigenvalue weighted by molar-refractivity contribution is 0.0948. The third kappa shape index (κ3) is 3.62. The SMILES string of the molecule is Cc1ccc(CNC(=O)c2nc(-c3ccnn3-c3ccc(F)cc3)n3ccncc23)cc1. The van der Waals surface area contributed by atoms with Crippen LogP contribution in [0.4, 0.5) is 4.39 Å². The van der Waals surface area contributed by atoms with Crippen molar-refractivity contribution in [3.8, 4) is 17.2 Å². The van der Waals surface area contributed by atoms with Gasteiger partial charge in [0.25, 0.3) is 5.91 Å². The van der Waals surface area contributed by atoms with Crippen LogP contribution >= 0.6 is 0 Å². The summed E-state index contributed by atoms with van der Waals surface area (Å²) in [5.74, 6) is -0.0905. The van der Waals surface area contributed by atoms with Crippen LogP contribution in [-0.4, -0.2) is 30.1 Å². The first-order chi connectivity index (χ1) is 15.6. The first-order valence-corrected chi connectivity index (χ1v) is 10.1. The van der Waals surface area contributed by atoms with Gasteiger partial charge in [0.1, 0.15) is 11.5 Å². The van der Waals surface area contributed by atoms with Crippen molar-refractivity contribution in [2.45, 2.75) is 13.5 Å². The second-order valence-electron chi connectivity index (χ2n) is 7.39. The van der Waals surface area contributed by atoms with Crippen molar-refractivity contribution in [3.05, 3.63) is 102 Å². The van der Waals surface area contributed by atoms with Crippen LogP contribution in [0, 0.1) is 12.7 Å². The van der Waals surface area contributed by atoms with Crippen molar-refractivity contribution in [3.63, 3.8) is 0 Å². The van der Waals surface area contributed by atoms with Gasteiger partial charge in [-0.3, -0.25) is 14.2 Å². The summed E-state index contributed by atoms with van der Waals surface area (Å²) in [6, 6.07) is 15.8. The van der Waals surface area contributed by atoms with Crippen LogP contribution in [-0.2, 0) is 6.54 Å². The maximum Gasteiger partial charge on any atom is 0.272 e. The molecule has 2 aromatic carbocycles. The van der Waals surface area contributed by atoms with Crippen LogP contribution in [0.25, 0.3) is 22.7 Å². The number of carbonyl (C=O) groups excluding carboxylic acids is 1. The minimum Gasteiger partial charge on any atom is -0.347 e. The highest BCUT2D eigenvalue weighted by Gasteiger charge is 2.21. The number of hydrogen-bond acceptors (Lipinski definition) is 4. The number of amides is 1. The van der Waals surface area contributed by atoms with E-state index in [1.807, 2.05) is 31.2 Å². The van der Waals surface area contributed by atoms with E-state index in [1.165, 1.54) is 12.1 Å². The number of fused-ring (bicyclic) bond motifs is 1. The quantitative estimate of drug-likeness (QED) is 0.462. The zero-order valence-electron chi connectivity index (χ0n) is 17.2. The fraction of sp³-hybridized carbons (Fsp3) is 0.0833. The average Bonchev–Trinajstić information content (AvgIpc) is 3.44. The summed E-state index contributed by atoms with van der Waals surface area (Å²) in [7, 11) is 0. The summed E-state index contributed by atoms with van der Waals surface area (Å²) < 4.78 is 16.8. The van der Waals surface area contributed by atoms with E-state index >= 15 is 0 Å². The summed E-state index contributed by atoms with van der Waals surface area (Å²) in [5.41, 5.74) is 4.36. The molecule has 3 heterocycles. The van der Waals surface area contributed by atoms with Crippen molar-refractivity contribution < 1.29 is 9.18 Å². The van der Waals surface area contributed by atoms with Crippen molar-refractivity contribution in [2.24, 2.45) is 0 Å². The number of benzene rings is 2. The van der Waals surface area contributed by atoms with Crippen LogP contribution in [0.5, 0.6) is 0 Å². The third-order valence-electron chi connectivity index (χ3n) is 5.18. The maximum atomic E-state index is 13.4. The van der Waals surface area contributed by atoms with Gasteiger partial charge in [-0.05, 0) is 42.8 Å². The molecule has 0 aliphatic heterocycles. The molecule has 0 atom stereocenters. The summed E-state index contributed by atoms with van der Waals surface area (Å²) in [6.45, 7) is 2.41. The highest BCUT2D eigenvalue weighted by Crippen LogP contribution is 2.25. The number of halogens is 1. The number of hydrogen-bond donors (Lipinski definition) is 1. The van der Waals surface area contributed by atoms with Gasteiger partial charge in [-0.25, -0.2) is 14.1 Å². The molecule has 1 amide bonds. The number of rotatable bonds is 5. The fourth-order valence-electron chi connectivity index (χ4n) is 3.52. The fourth-order valence-corrected chi connectivity index (χ4v) is 3.52. The van der Waals surface area contributed by atoms with Crippen LogP contribution in [0.3, 0.4) is 0 Å². The van der Waals surface area contributed by atoms with E-state index in [4.69, 9.17) is 0 Å². The first-order valence-electron chi connectivity index (χ1n) is 10.1. The van der Waals surface area contributed by atoms with Gasteiger partial charge in [0, 0.05) is 18.9 Å². The molecule has 0 unspecified atom stereocenters. The summed E-state index contributed by atoms with van der Waals surface area (Å²) in [4.78, 5) is 21.8. The van der Waals surface area contributed by atoms with Gasteiger partial charge in [0.05, 0.1) is 23.6 Å². The Morgan fingerprint density at radius 3 is 2.59 bits per heavy atom. The number of nitrogens with zero attached hydrogens (tertiary/aromatic N) is 5. The first kappa shape index (κ1) is 19.6.